The lowest BCUT2D eigenvalue weighted by Crippen LogP contribution is -2.35. The molecule has 33 heavy (non-hydrogen) atoms. The highest BCUT2D eigenvalue weighted by Crippen LogP contribution is 2.40. The third kappa shape index (κ3) is 5.47. The zero-order chi connectivity index (χ0) is 23.4. The molecule has 1 saturated heterocycles. The minimum Gasteiger partial charge on any atom is -0.378 e. The van der Waals surface area contributed by atoms with Gasteiger partial charge in [-0.1, -0.05) is 12.1 Å². The van der Waals surface area contributed by atoms with Crippen LogP contribution >= 0.6 is 11.3 Å². The fourth-order valence-electron chi connectivity index (χ4n) is 3.69. The summed E-state index contributed by atoms with van der Waals surface area (Å²) in [6.07, 6.45) is 0. The van der Waals surface area contributed by atoms with Crippen LogP contribution < -0.4 is 15.5 Å². The number of rotatable bonds is 6. The van der Waals surface area contributed by atoms with Crippen LogP contribution in [0.3, 0.4) is 0 Å². The molecule has 0 radical (unpaired) electrons. The Balaban J connectivity index is 1.66. The molecule has 2 aromatic carbocycles. The molecule has 1 fully saturated rings. The van der Waals surface area contributed by atoms with E-state index in [1.807, 2.05) is 30.3 Å². The highest BCUT2D eigenvalue weighted by molar-refractivity contribution is 7.18. The summed E-state index contributed by atoms with van der Waals surface area (Å²) in [6, 6.07) is 16.5. The Labute approximate surface area is 196 Å². The van der Waals surface area contributed by atoms with E-state index < -0.39 is 0 Å². The van der Waals surface area contributed by atoms with Crippen LogP contribution in [0.15, 0.2) is 54.6 Å². The molecular weight excluding hydrogens is 438 g/mol. The van der Waals surface area contributed by atoms with E-state index in [1.165, 1.54) is 25.2 Å². The number of amides is 2. The van der Waals surface area contributed by atoms with Gasteiger partial charge in [-0.25, -0.2) is 0 Å². The molecule has 0 unspecified atom stereocenters. The third-order valence-electron chi connectivity index (χ3n) is 5.22. The van der Waals surface area contributed by atoms with Crippen LogP contribution in [0.4, 0.5) is 16.4 Å². The summed E-state index contributed by atoms with van der Waals surface area (Å²) >= 11 is 1.47. The fraction of sp³-hybridized carbons (Fsp3) is 0.240. The van der Waals surface area contributed by atoms with Gasteiger partial charge in [0.15, 0.2) is 0 Å². The van der Waals surface area contributed by atoms with E-state index in [0.29, 0.717) is 29.3 Å². The van der Waals surface area contributed by atoms with Crippen LogP contribution in [-0.4, -0.2) is 43.9 Å². The van der Waals surface area contributed by atoms with E-state index in [2.05, 4.69) is 15.5 Å². The minimum atomic E-state index is -0.156. The summed E-state index contributed by atoms with van der Waals surface area (Å²) in [5.74, 6) is -0.341. The Morgan fingerprint density at radius 3 is 1.94 bits per heavy atom. The van der Waals surface area contributed by atoms with E-state index in [9.17, 15) is 14.4 Å². The normalized spacial score (nSPS) is 13.5. The molecule has 2 heterocycles. The largest absolute Gasteiger partial charge is 0.378 e. The monoisotopic (exact) mass is 463 g/mol. The Bertz CT molecular complexity index is 1160. The number of ether oxygens (including phenoxy) is 1. The molecule has 3 aromatic rings. The molecule has 0 spiro atoms. The van der Waals surface area contributed by atoms with Crippen molar-refractivity contribution in [2.75, 3.05) is 41.8 Å². The van der Waals surface area contributed by atoms with Crippen molar-refractivity contribution in [1.29, 1.82) is 0 Å². The molecule has 4 rings (SSSR count). The molecular formula is C25H25N3O4S. The van der Waals surface area contributed by atoms with E-state index in [1.54, 1.807) is 24.3 Å². The van der Waals surface area contributed by atoms with Crippen LogP contribution in [-0.2, 0) is 14.3 Å². The number of thiophene rings is 1. The maximum atomic E-state index is 13.3. The van der Waals surface area contributed by atoms with Crippen LogP contribution in [0.25, 0.3) is 11.1 Å². The number of anilines is 3. The van der Waals surface area contributed by atoms with Crippen LogP contribution in [0.5, 0.6) is 0 Å². The van der Waals surface area contributed by atoms with E-state index in [-0.39, 0.29) is 17.6 Å². The summed E-state index contributed by atoms with van der Waals surface area (Å²) < 4.78 is 5.51. The standard InChI is InChI=1S/C25H25N3O4S/c1-16(29)26-20-7-3-18(4-8-20)22-15-23(33-25(22)28-11-13-32-14-12-28)24(31)19-5-9-21(10-6-19)27-17(2)30/h3-10,15H,11-14H2,1-2H3,(H,26,29)(H,27,30). The molecule has 0 atom stereocenters. The summed E-state index contributed by atoms with van der Waals surface area (Å²) in [4.78, 5) is 38.7. The van der Waals surface area contributed by atoms with Gasteiger partial charge in [0.25, 0.3) is 0 Å². The van der Waals surface area contributed by atoms with Gasteiger partial charge < -0.3 is 20.3 Å². The number of ketones is 1. The van der Waals surface area contributed by atoms with Gasteiger partial charge >= 0.3 is 0 Å². The molecule has 0 bridgehead atoms. The molecule has 0 aliphatic carbocycles. The average Bonchev–Trinajstić information content (AvgIpc) is 3.25. The Morgan fingerprint density at radius 2 is 1.39 bits per heavy atom. The zero-order valence-corrected chi connectivity index (χ0v) is 19.3. The van der Waals surface area contributed by atoms with Crippen molar-refractivity contribution in [3.8, 4) is 11.1 Å². The van der Waals surface area contributed by atoms with E-state index in [0.717, 1.165) is 34.9 Å². The van der Waals surface area contributed by atoms with Crippen LogP contribution in [0, 0.1) is 0 Å². The first kappa shape index (κ1) is 22.7. The lowest BCUT2D eigenvalue weighted by Gasteiger charge is -2.28. The first-order valence-electron chi connectivity index (χ1n) is 10.7. The number of nitrogens with zero attached hydrogens (tertiary/aromatic N) is 1. The number of carbonyl (C=O) groups is 3. The molecule has 0 saturated carbocycles. The van der Waals surface area contributed by atoms with Crippen molar-refractivity contribution in [2.24, 2.45) is 0 Å². The molecule has 1 aliphatic rings. The minimum absolute atomic E-state index is 0.0648. The predicted molar refractivity (Wildman–Crippen MR) is 131 cm³/mol. The van der Waals surface area contributed by atoms with E-state index in [4.69, 9.17) is 4.74 Å². The highest BCUT2D eigenvalue weighted by atomic mass is 32.1. The lowest BCUT2D eigenvalue weighted by atomic mass is 10.0. The second-order valence-corrected chi connectivity index (χ2v) is 8.81. The van der Waals surface area contributed by atoms with Gasteiger partial charge in [-0.3, -0.25) is 14.4 Å². The topological polar surface area (TPSA) is 87.7 Å². The maximum Gasteiger partial charge on any atom is 0.221 e. The predicted octanol–water partition coefficient (Wildman–Crippen LogP) is 4.40. The lowest BCUT2D eigenvalue weighted by molar-refractivity contribution is -0.115. The molecule has 1 aromatic heterocycles. The zero-order valence-electron chi connectivity index (χ0n) is 18.5. The first-order valence-corrected chi connectivity index (χ1v) is 11.5. The molecule has 1 aliphatic heterocycles. The number of carbonyl (C=O) groups excluding carboxylic acids is 3. The molecule has 170 valence electrons. The van der Waals surface area contributed by atoms with Gasteiger partial charge in [-0.2, -0.15) is 0 Å². The van der Waals surface area contributed by atoms with Crippen molar-refractivity contribution in [2.45, 2.75) is 13.8 Å². The number of benzene rings is 2. The summed E-state index contributed by atoms with van der Waals surface area (Å²) in [5.41, 5.74) is 3.90. The Kier molecular flexibility index (Phi) is 6.86. The number of morpholine rings is 1. The summed E-state index contributed by atoms with van der Waals surface area (Å²) in [5, 5.41) is 6.52. The smallest absolute Gasteiger partial charge is 0.221 e. The average molecular weight is 464 g/mol. The maximum absolute atomic E-state index is 13.3. The van der Waals surface area contributed by atoms with Gasteiger partial charge in [-0.15, -0.1) is 11.3 Å². The van der Waals surface area contributed by atoms with Crippen LogP contribution in [0.1, 0.15) is 29.1 Å². The quantitative estimate of drug-likeness (QED) is 0.529. The van der Waals surface area contributed by atoms with Gasteiger partial charge in [0.05, 0.1) is 23.1 Å². The second-order valence-electron chi connectivity index (χ2n) is 7.78. The Hall–Kier alpha value is -3.49. The third-order valence-corrected chi connectivity index (χ3v) is 6.41. The van der Waals surface area contributed by atoms with Crippen molar-refractivity contribution >= 4 is 45.3 Å². The SMILES string of the molecule is CC(=O)Nc1ccc(C(=O)c2cc(-c3ccc(NC(C)=O)cc3)c(N3CCOCC3)s2)cc1. The van der Waals surface area contributed by atoms with Gasteiger partial charge in [0, 0.05) is 49.4 Å². The molecule has 2 N–H and O–H groups in total. The van der Waals surface area contributed by atoms with Crippen molar-refractivity contribution in [3.05, 3.63) is 65.0 Å². The van der Waals surface area contributed by atoms with Gasteiger partial charge in [0.1, 0.15) is 0 Å². The van der Waals surface area contributed by atoms with Crippen molar-refractivity contribution < 1.29 is 19.1 Å². The molecule has 2 amide bonds. The first-order chi connectivity index (χ1) is 15.9. The molecule has 7 nitrogen and oxygen atoms in total. The number of hydrogen-bond acceptors (Lipinski definition) is 6. The second kappa shape index (κ2) is 9.97. The van der Waals surface area contributed by atoms with Gasteiger partial charge in [0.2, 0.25) is 17.6 Å². The van der Waals surface area contributed by atoms with Crippen molar-refractivity contribution in [3.63, 3.8) is 0 Å². The highest BCUT2D eigenvalue weighted by Gasteiger charge is 2.22. The Morgan fingerprint density at radius 1 is 0.848 bits per heavy atom. The summed E-state index contributed by atoms with van der Waals surface area (Å²) in [7, 11) is 0. The summed E-state index contributed by atoms with van der Waals surface area (Å²) in [6.45, 7) is 5.73. The van der Waals surface area contributed by atoms with Crippen molar-refractivity contribution in [1.82, 2.24) is 0 Å². The van der Waals surface area contributed by atoms with E-state index >= 15 is 0 Å². The van der Waals surface area contributed by atoms with Crippen LogP contribution in [0.2, 0.25) is 0 Å². The van der Waals surface area contributed by atoms with Gasteiger partial charge in [-0.05, 0) is 48.0 Å². The number of nitrogens with one attached hydrogen (secondary N) is 2. The molecule has 8 heteroatoms. The fourth-order valence-corrected chi connectivity index (χ4v) is 4.88. The number of hydrogen-bond donors (Lipinski definition) is 2.